The Labute approximate surface area is 135 Å². The Hall–Kier alpha value is -2.25. The van der Waals surface area contributed by atoms with Gasteiger partial charge in [-0.15, -0.1) is 11.3 Å². The van der Waals surface area contributed by atoms with Crippen molar-refractivity contribution in [1.29, 1.82) is 0 Å². The fourth-order valence-electron chi connectivity index (χ4n) is 2.40. The Morgan fingerprint density at radius 1 is 1.26 bits per heavy atom. The van der Waals surface area contributed by atoms with Crippen LogP contribution in [0.25, 0.3) is 10.4 Å². The van der Waals surface area contributed by atoms with Crippen LogP contribution in [0.15, 0.2) is 36.4 Å². The van der Waals surface area contributed by atoms with E-state index in [9.17, 15) is 14.0 Å². The zero-order valence-corrected chi connectivity index (χ0v) is 12.9. The summed E-state index contributed by atoms with van der Waals surface area (Å²) in [7, 11) is 0. The zero-order valence-electron chi connectivity index (χ0n) is 12.1. The molecule has 1 aliphatic rings. The van der Waals surface area contributed by atoms with Gasteiger partial charge < -0.3 is 14.7 Å². The lowest BCUT2D eigenvalue weighted by atomic mass is 10.2. The number of rotatable bonds is 3. The molecule has 1 amide bonds. The van der Waals surface area contributed by atoms with Crippen molar-refractivity contribution in [2.45, 2.75) is 6.10 Å². The van der Waals surface area contributed by atoms with Crippen LogP contribution in [0.2, 0.25) is 0 Å². The first-order valence-electron chi connectivity index (χ1n) is 7.04. The summed E-state index contributed by atoms with van der Waals surface area (Å²) in [5, 5.41) is 8.99. The van der Waals surface area contributed by atoms with Crippen molar-refractivity contribution in [1.82, 2.24) is 4.90 Å². The molecular formula is C16H14FNO4S. The number of carbonyl (C=O) groups excluding carboxylic acids is 1. The van der Waals surface area contributed by atoms with E-state index >= 15 is 0 Å². The third-order valence-electron chi connectivity index (χ3n) is 3.59. The van der Waals surface area contributed by atoms with Crippen LogP contribution in [-0.2, 0) is 9.53 Å². The first-order chi connectivity index (χ1) is 11.1. The molecule has 1 aromatic heterocycles. The highest BCUT2D eigenvalue weighted by Gasteiger charge is 2.30. The fraction of sp³-hybridized carbons (Fsp3) is 0.250. The number of aliphatic carboxylic acids is 1. The Morgan fingerprint density at radius 2 is 2.04 bits per heavy atom. The third-order valence-corrected chi connectivity index (χ3v) is 4.69. The highest BCUT2D eigenvalue weighted by Crippen LogP contribution is 2.30. The van der Waals surface area contributed by atoms with Gasteiger partial charge in [-0.25, -0.2) is 9.18 Å². The van der Waals surface area contributed by atoms with Gasteiger partial charge in [-0.2, -0.15) is 0 Å². The number of ether oxygens (including phenoxy) is 1. The first-order valence-corrected chi connectivity index (χ1v) is 7.86. The average Bonchev–Trinajstić information content (AvgIpc) is 3.04. The minimum Gasteiger partial charge on any atom is -0.479 e. The van der Waals surface area contributed by atoms with E-state index in [4.69, 9.17) is 9.84 Å². The van der Waals surface area contributed by atoms with Gasteiger partial charge in [0.15, 0.2) is 6.10 Å². The van der Waals surface area contributed by atoms with Crippen LogP contribution in [0.5, 0.6) is 0 Å². The molecule has 1 atom stereocenters. The maximum absolute atomic E-state index is 13.8. The Morgan fingerprint density at radius 3 is 2.78 bits per heavy atom. The van der Waals surface area contributed by atoms with E-state index in [1.807, 2.05) is 0 Å². The second kappa shape index (κ2) is 6.47. The van der Waals surface area contributed by atoms with E-state index in [0.717, 1.165) is 0 Å². The van der Waals surface area contributed by atoms with Crippen LogP contribution in [0, 0.1) is 5.82 Å². The number of hydrogen-bond acceptors (Lipinski definition) is 4. The molecule has 2 aromatic rings. The molecular weight excluding hydrogens is 321 g/mol. The molecule has 1 aromatic carbocycles. The quantitative estimate of drug-likeness (QED) is 0.936. The lowest BCUT2D eigenvalue weighted by Crippen LogP contribution is -2.48. The molecule has 7 heteroatoms. The normalized spacial score (nSPS) is 18.0. The van der Waals surface area contributed by atoms with Gasteiger partial charge in [-0.05, 0) is 18.2 Å². The van der Waals surface area contributed by atoms with Gasteiger partial charge in [0.1, 0.15) is 5.82 Å². The van der Waals surface area contributed by atoms with Gasteiger partial charge in [0.05, 0.1) is 18.0 Å². The van der Waals surface area contributed by atoms with Crippen molar-refractivity contribution >= 4 is 23.2 Å². The van der Waals surface area contributed by atoms with E-state index in [1.165, 1.54) is 22.3 Å². The third kappa shape index (κ3) is 3.25. The Kier molecular flexibility index (Phi) is 4.40. The monoisotopic (exact) mass is 335 g/mol. The number of thiophene rings is 1. The average molecular weight is 335 g/mol. The van der Waals surface area contributed by atoms with E-state index in [-0.39, 0.29) is 24.9 Å². The smallest absolute Gasteiger partial charge is 0.334 e. The van der Waals surface area contributed by atoms with Crippen LogP contribution in [0.1, 0.15) is 9.67 Å². The van der Waals surface area contributed by atoms with Crippen molar-refractivity contribution in [3.63, 3.8) is 0 Å². The molecule has 0 unspecified atom stereocenters. The van der Waals surface area contributed by atoms with Crippen molar-refractivity contribution in [2.75, 3.05) is 19.7 Å². The minimum atomic E-state index is -1.08. The van der Waals surface area contributed by atoms with E-state index < -0.39 is 12.1 Å². The summed E-state index contributed by atoms with van der Waals surface area (Å²) in [5.41, 5.74) is 0.446. The maximum atomic E-state index is 13.8. The van der Waals surface area contributed by atoms with Crippen LogP contribution in [-0.4, -0.2) is 47.7 Å². The summed E-state index contributed by atoms with van der Waals surface area (Å²) in [6, 6.07) is 9.71. The Bertz CT molecular complexity index is 745. The molecule has 1 N–H and O–H groups in total. The number of carboxylic acids is 1. The zero-order chi connectivity index (χ0) is 16.4. The maximum Gasteiger partial charge on any atom is 0.334 e. The largest absolute Gasteiger partial charge is 0.479 e. The molecule has 1 saturated heterocycles. The van der Waals surface area contributed by atoms with E-state index in [2.05, 4.69) is 0 Å². The van der Waals surface area contributed by atoms with Crippen molar-refractivity contribution < 1.29 is 23.8 Å². The van der Waals surface area contributed by atoms with Gasteiger partial charge in [-0.1, -0.05) is 18.2 Å². The van der Waals surface area contributed by atoms with Gasteiger partial charge in [0.25, 0.3) is 5.91 Å². The van der Waals surface area contributed by atoms with Crippen LogP contribution >= 0.6 is 11.3 Å². The first kappa shape index (κ1) is 15.6. The number of amides is 1. The second-order valence-corrected chi connectivity index (χ2v) is 6.18. The molecule has 0 saturated carbocycles. The second-order valence-electron chi connectivity index (χ2n) is 5.09. The van der Waals surface area contributed by atoms with Crippen molar-refractivity contribution in [2.24, 2.45) is 0 Å². The molecule has 120 valence electrons. The molecule has 3 rings (SSSR count). The summed E-state index contributed by atoms with van der Waals surface area (Å²) in [6.07, 6.45) is -1.00. The topological polar surface area (TPSA) is 66.8 Å². The predicted molar refractivity (Wildman–Crippen MR) is 83.0 cm³/mol. The fourth-order valence-corrected chi connectivity index (χ4v) is 3.40. The predicted octanol–water partition coefficient (Wildman–Crippen LogP) is 2.48. The van der Waals surface area contributed by atoms with Gasteiger partial charge >= 0.3 is 5.97 Å². The SMILES string of the molecule is O=C(O)[C@@H]1CN(C(=O)c2ccc(-c3ccccc3F)s2)CCO1. The Balaban J connectivity index is 1.79. The van der Waals surface area contributed by atoms with E-state index in [0.29, 0.717) is 21.9 Å². The molecule has 0 aliphatic carbocycles. The number of hydrogen-bond donors (Lipinski definition) is 1. The number of morpholine rings is 1. The lowest BCUT2D eigenvalue weighted by molar-refractivity contribution is -0.154. The highest BCUT2D eigenvalue weighted by molar-refractivity contribution is 7.17. The van der Waals surface area contributed by atoms with Crippen LogP contribution in [0.3, 0.4) is 0 Å². The number of carbonyl (C=O) groups is 2. The molecule has 0 spiro atoms. The molecule has 1 aliphatic heterocycles. The van der Waals surface area contributed by atoms with Crippen LogP contribution < -0.4 is 0 Å². The summed E-state index contributed by atoms with van der Waals surface area (Å²) in [5.74, 6) is -1.68. The van der Waals surface area contributed by atoms with E-state index in [1.54, 1.807) is 30.3 Å². The summed E-state index contributed by atoms with van der Waals surface area (Å²) >= 11 is 1.19. The minimum absolute atomic E-state index is 0.0150. The number of carboxylic acid groups (broad SMARTS) is 1. The number of halogens is 1. The molecule has 1 fully saturated rings. The summed E-state index contributed by atoms with van der Waals surface area (Å²) < 4.78 is 18.9. The molecule has 0 bridgehead atoms. The standard InChI is InChI=1S/C16H14FNO4S/c17-11-4-2-1-3-10(11)13-5-6-14(23-13)15(19)18-7-8-22-12(9-18)16(20)21/h1-6,12H,7-9H2,(H,20,21)/t12-/m0/s1. The van der Waals surface area contributed by atoms with Crippen molar-refractivity contribution in [3.8, 4) is 10.4 Å². The van der Waals surface area contributed by atoms with Gasteiger partial charge in [0.2, 0.25) is 0 Å². The summed E-state index contributed by atoms with van der Waals surface area (Å²) in [4.78, 5) is 26.0. The molecule has 2 heterocycles. The molecule has 0 radical (unpaired) electrons. The number of nitrogens with zero attached hydrogens (tertiary/aromatic N) is 1. The highest BCUT2D eigenvalue weighted by atomic mass is 32.1. The van der Waals surface area contributed by atoms with Crippen LogP contribution in [0.4, 0.5) is 4.39 Å². The lowest BCUT2D eigenvalue weighted by Gasteiger charge is -2.30. The molecule has 5 nitrogen and oxygen atoms in total. The number of benzene rings is 1. The molecule has 23 heavy (non-hydrogen) atoms. The summed E-state index contributed by atoms with van der Waals surface area (Å²) in [6.45, 7) is 0.547. The van der Waals surface area contributed by atoms with Gasteiger partial charge in [-0.3, -0.25) is 4.79 Å². The van der Waals surface area contributed by atoms with Crippen molar-refractivity contribution in [3.05, 3.63) is 47.1 Å². The van der Waals surface area contributed by atoms with Gasteiger partial charge in [0, 0.05) is 17.0 Å².